The van der Waals surface area contributed by atoms with Gasteiger partial charge in [0.15, 0.2) is 0 Å². The Kier molecular flexibility index (Phi) is 5.01. The zero-order valence-electron chi connectivity index (χ0n) is 13.3. The van der Waals surface area contributed by atoms with Crippen LogP contribution in [-0.4, -0.2) is 19.0 Å². The number of nitrogens with one attached hydrogen (secondary N) is 1. The molecule has 3 nitrogen and oxygen atoms in total. The second-order valence-electron chi connectivity index (χ2n) is 5.91. The largest absolute Gasteiger partial charge is 0.384 e. The van der Waals surface area contributed by atoms with E-state index in [0.29, 0.717) is 13.0 Å². The maximum atomic E-state index is 12.6. The Hall–Kier alpha value is -1.81. The quantitative estimate of drug-likeness (QED) is 0.854. The molecule has 1 aliphatic rings. The molecule has 4 heteroatoms. The van der Waals surface area contributed by atoms with Crippen molar-refractivity contribution in [2.24, 2.45) is 0 Å². The van der Waals surface area contributed by atoms with Crippen LogP contribution < -0.4 is 10.2 Å². The van der Waals surface area contributed by atoms with Crippen molar-refractivity contribution in [1.29, 1.82) is 0 Å². The molecule has 1 amide bonds. The molecule has 3 rings (SSSR count). The van der Waals surface area contributed by atoms with Crippen LogP contribution in [0.5, 0.6) is 0 Å². The van der Waals surface area contributed by atoms with Crippen molar-refractivity contribution in [2.45, 2.75) is 26.2 Å². The zero-order chi connectivity index (χ0) is 16.2. The van der Waals surface area contributed by atoms with E-state index in [1.54, 1.807) is 0 Å². The number of para-hydroxylation sites is 1. The monoisotopic (exact) mass is 372 g/mol. The van der Waals surface area contributed by atoms with Crippen molar-refractivity contribution in [3.63, 3.8) is 0 Å². The van der Waals surface area contributed by atoms with Crippen molar-refractivity contribution in [3.05, 3.63) is 58.1 Å². The SMILES string of the molecule is Cc1cc(Br)ccc1NCCC(=O)N1CCCc2ccccc21. The molecule has 0 aromatic heterocycles. The number of nitrogens with zero attached hydrogens (tertiary/aromatic N) is 1. The van der Waals surface area contributed by atoms with E-state index in [1.165, 1.54) is 11.1 Å². The van der Waals surface area contributed by atoms with Gasteiger partial charge in [-0.3, -0.25) is 4.79 Å². The molecule has 0 radical (unpaired) electrons. The Bertz CT molecular complexity index is 714. The maximum Gasteiger partial charge on any atom is 0.228 e. The van der Waals surface area contributed by atoms with E-state index in [2.05, 4.69) is 46.4 Å². The summed E-state index contributed by atoms with van der Waals surface area (Å²) in [6, 6.07) is 14.4. The number of carbonyl (C=O) groups is 1. The van der Waals surface area contributed by atoms with Crippen molar-refractivity contribution >= 4 is 33.2 Å². The Morgan fingerprint density at radius 3 is 2.91 bits per heavy atom. The first kappa shape index (κ1) is 16.1. The molecule has 1 N–H and O–H groups in total. The summed E-state index contributed by atoms with van der Waals surface area (Å²) in [7, 11) is 0. The van der Waals surface area contributed by atoms with E-state index in [0.717, 1.165) is 35.2 Å². The number of benzene rings is 2. The molecule has 0 aliphatic carbocycles. The number of aryl methyl sites for hydroxylation is 2. The smallest absolute Gasteiger partial charge is 0.228 e. The minimum absolute atomic E-state index is 0.194. The minimum Gasteiger partial charge on any atom is -0.384 e. The van der Waals surface area contributed by atoms with Crippen molar-refractivity contribution in [3.8, 4) is 0 Å². The third-order valence-corrected chi connectivity index (χ3v) is 4.75. The molecular formula is C19H21BrN2O. The van der Waals surface area contributed by atoms with Gasteiger partial charge < -0.3 is 10.2 Å². The molecule has 0 fully saturated rings. The summed E-state index contributed by atoms with van der Waals surface area (Å²) in [5.74, 6) is 0.194. The molecule has 0 bridgehead atoms. The number of hydrogen-bond donors (Lipinski definition) is 1. The molecule has 0 atom stereocenters. The zero-order valence-corrected chi connectivity index (χ0v) is 14.9. The molecule has 1 aliphatic heterocycles. The van der Waals surface area contributed by atoms with Gasteiger partial charge in [0.25, 0.3) is 0 Å². The Morgan fingerprint density at radius 2 is 2.09 bits per heavy atom. The fourth-order valence-corrected chi connectivity index (χ4v) is 3.53. The van der Waals surface area contributed by atoms with Gasteiger partial charge in [-0.15, -0.1) is 0 Å². The average Bonchev–Trinajstić information content (AvgIpc) is 2.56. The molecule has 2 aromatic carbocycles. The van der Waals surface area contributed by atoms with E-state index in [4.69, 9.17) is 0 Å². The molecule has 2 aromatic rings. The normalized spacial score (nSPS) is 13.6. The molecule has 23 heavy (non-hydrogen) atoms. The van der Waals surface area contributed by atoms with Crippen LogP contribution in [0.4, 0.5) is 11.4 Å². The lowest BCUT2D eigenvalue weighted by molar-refractivity contribution is -0.118. The summed E-state index contributed by atoms with van der Waals surface area (Å²) in [6.07, 6.45) is 2.61. The molecular weight excluding hydrogens is 352 g/mol. The highest BCUT2D eigenvalue weighted by molar-refractivity contribution is 9.10. The standard InChI is InChI=1S/C19H21BrN2O/c1-14-13-16(20)8-9-17(14)21-11-10-19(23)22-12-4-6-15-5-2-3-7-18(15)22/h2-3,5,7-9,13,21H,4,6,10-12H2,1H3. The first-order valence-electron chi connectivity index (χ1n) is 8.03. The number of fused-ring (bicyclic) bond motifs is 1. The van der Waals surface area contributed by atoms with Gasteiger partial charge >= 0.3 is 0 Å². The molecule has 0 saturated heterocycles. The van der Waals surface area contributed by atoms with Gasteiger partial charge in [-0.05, 0) is 55.2 Å². The van der Waals surface area contributed by atoms with Gasteiger partial charge in [-0.25, -0.2) is 0 Å². The number of carbonyl (C=O) groups excluding carboxylic acids is 1. The predicted octanol–water partition coefficient (Wildman–Crippen LogP) is 4.54. The first-order valence-corrected chi connectivity index (χ1v) is 8.83. The lowest BCUT2D eigenvalue weighted by Crippen LogP contribution is -2.36. The number of amides is 1. The van der Waals surface area contributed by atoms with Crippen LogP contribution in [0.2, 0.25) is 0 Å². The predicted molar refractivity (Wildman–Crippen MR) is 99.1 cm³/mol. The Labute approximate surface area is 145 Å². The fourth-order valence-electron chi connectivity index (χ4n) is 3.06. The molecule has 0 unspecified atom stereocenters. The van der Waals surface area contributed by atoms with Gasteiger partial charge in [0.1, 0.15) is 0 Å². The maximum absolute atomic E-state index is 12.6. The van der Waals surface area contributed by atoms with E-state index < -0.39 is 0 Å². The summed E-state index contributed by atoms with van der Waals surface area (Å²) in [4.78, 5) is 14.5. The summed E-state index contributed by atoms with van der Waals surface area (Å²) < 4.78 is 1.07. The summed E-state index contributed by atoms with van der Waals surface area (Å²) >= 11 is 3.47. The average molecular weight is 373 g/mol. The van der Waals surface area contributed by atoms with Crippen LogP contribution in [0, 0.1) is 6.92 Å². The number of halogens is 1. The van der Waals surface area contributed by atoms with Crippen LogP contribution in [0.3, 0.4) is 0 Å². The van der Waals surface area contributed by atoms with Gasteiger partial charge in [0.05, 0.1) is 0 Å². The van der Waals surface area contributed by atoms with E-state index >= 15 is 0 Å². The lowest BCUT2D eigenvalue weighted by Gasteiger charge is -2.29. The summed E-state index contributed by atoms with van der Waals surface area (Å²) in [6.45, 7) is 3.54. The molecule has 0 spiro atoms. The van der Waals surface area contributed by atoms with E-state index in [9.17, 15) is 4.79 Å². The second-order valence-corrected chi connectivity index (χ2v) is 6.83. The first-order chi connectivity index (χ1) is 11.1. The van der Waals surface area contributed by atoms with Crippen LogP contribution in [0.15, 0.2) is 46.9 Å². The van der Waals surface area contributed by atoms with E-state index in [1.807, 2.05) is 29.2 Å². The lowest BCUT2D eigenvalue weighted by atomic mass is 10.0. The Morgan fingerprint density at radius 1 is 1.26 bits per heavy atom. The van der Waals surface area contributed by atoms with Crippen LogP contribution in [0.25, 0.3) is 0 Å². The van der Waals surface area contributed by atoms with Crippen LogP contribution in [0.1, 0.15) is 24.0 Å². The molecule has 120 valence electrons. The van der Waals surface area contributed by atoms with E-state index in [-0.39, 0.29) is 5.91 Å². The minimum atomic E-state index is 0.194. The third kappa shape index (κ3) is 3.75. The van der Waals surface area contributed by atoms with Crippen LogP contribution in [-0.2, 0) is 11.2 Å². The third-order valence-electron chi connectivity index (χ3n) is 4.25. The van der Waals surface area contributed by atoms with Crippen LogP contribution >= 0.6 is 15.9 Å². The highest BCUT2D eigenvalue weighted by Crippen LogP contribution is 2.27. The summed E-state index contributed by atoms with van der Waals surface area (Å²) in [5.41, 5.74) is 4.63. The van der Waals surface area contributed by atoms with Gasteiger partial charge in [-0.2, -0.15) is 0 Å². The van der Waals surface area contributed by atoms with Gasteiger partial charge in [0.2, 0.25) is 5.91 Å². The number of hydrogen-bond acceptors (Lipinski definition) is 2. The highest BCUT2D eigenvalue weighted by Gasteiger charge is 2.21. The topological polar surface area (TPSA) is 32.3 Å². The van der Waals surface area contributed by atoms with Crippen molar-refractivity contribution < 1.29 is 4.79 Å². The second kappa shape index (κ2) is 7.18. The van der Waals surface area contributed by atoms with Crippen molar-refractivity contribution in [1.82, 2.24) is 0 Å². The Balaban J connectivity index is 1.60. The highest BCUT2D eigenvalue weighted by atomic mass is 79.9. The molecule has 1 heterocycles. The summed E-state index contributed by atoms with van der Waals surface area (Å²) in [5, 5.41) is 3.37. The number of anilines is 2. The van der Waals surface area contributed by atoms with Gasteiger partial charge in [-0.1, -0.05) is 34.1 Å². The number of rotatable bonds is 4. The fraction of sp³-hybridized carbons (Fsp3) is 0.316. The van der Waals surface area contributed by atoms with Gasteiger partial charge in [0, 0.05) is 35.4 Å². The van der Waals surface area contributed by atoms with Crippen molar-refractivity contribution in [2.75, 3.05) is 23.3 Å². The molecule has 0 saturated carbocycles.